The summed E-state index contributed by atoms with van der Waals surface area (Å²) in [4.78, 5) is 18.6. The van der Waals surface area contributed by atoms with E-state index in [2.05, 4.69) is 15.2 Å². The Balaban J connectivity index is 1.86. The molecule has 19 heavy (non-hydrogen) atoms. The van der Waals surface area contributed by atoms with Crippen molar-refractivity contribution in [1.82, 2.24) is 15.2 Å². The Bertz CT molecular complexity index is 427. The van der Waals surface area contributed by atoms with Crippen molar-refractivity contribution in [3.63, 3.8) is 0 Å². The van der Waals surface area contributed by atoms with Crippen LogP contribution in [-0.2, 0) is 0 Å². The second-order valence-electron chi connectivity index (χ2n) is 5.05. The second-order valence-corrected chi connectivity index (χ2v) is 5.05. The minimum Gasteiger partial charge on any atom is -0.348 e. The van der Waals surface area contributed by atoms with Gasteiger partial charge in [-0.05, 0) is 31.4 Å². The van der Waals surface area contributed by atoms with E-state index in [0.717, 1.165) is 38.0 Å². The number of carbonyl (C=O) groups is 1. The molecule has 0 aliphatic carbocycles. The zero-order valence-corrected chi connectivity index (χ0v) is 11.4. The number of hydrogen-bond acceptors (Lipinski definition) is 4. The summed E-state index contributed by atoms with van der Waals surface area (Å²) in [6.45, 7) is 5.56. The van der Waals surface area contributed by atoms with Crippen LogP contribution in [-0.4, -0.2) is 48.0 Å². The molecule has 0 spiro atoms. The summed E-state index contributed by atoms with van der Waals surface area (Å²) >= 11 is 0. The Morgan fingerprint density at radius 1 is 1.53 bits per heavy atom. The molecule has 5 nitrogen and oxygen atoms in total. The Morgan fingerprint density at radius 3 is 2.89 bits per heavy atom. The Morgan fingerprint density at radius 2 is 2.26 bits per heavy atom. The summed E-state index contributed by atoms with van der Waals surface area (Å²) in [6, 6.07) is 4.01. The fourth-order valence-corrected chi connectivity index (χ4v) is 2.46. The van der Waals surface area contributed by atoms with Crippen LogP contribution < -0.4 is 11.1 Å². The van der Waals surface area contributed by atoms with Crippen LogP contribution in [0.3, 0.4) is 0 Å². The molecule has 1 amide bonds. The first-order chi connectivity index (χ1) is 9.20. The van der Waals surface area contributed by atoms with Gasteiger partial charge < -0.3 is 16.0 Å². The number of hydrogen-bond donors (Lipinski definition) is 2. The zero-order chi connectivity index (χ0) is 13.7. The van der Waals surface area contributed by atoms with E-state index in [1.165, 1.54) is 0 Å². The van der Waals surface area contributed by atoms with Crippen molar-refractivity contribution >= 4 is 5.91 Å². The predicted octanol–water partition coefficient (Wildman–Crippen LogP) is 0.543. The van der Waals surface area contributed by atoms with E-state index in [1.807, 2.05) is 19.1 Å². The molecule has 1 aliphatic rings. The summed E-state index contributed by atoms with van der Waals surface area (Å²) in [5, 5.41) is 3.08. The molecule has 0 radical (unpaired) electrons. The highest BCUT2D eigenvalue weighted by Gasteiger charge is 2.21. The average molecular weight is 262 g/mol. The number of pyridine rings is 1. The molecular formula is C14H22N4O. The number of aryl methyl sites for hydroxylation is 1. The highest BCUT2D eigenvalue weighted by atomic mass is 16.1. The molecule has 1 aliphatic heterocycles. The third kappa shape index (κ3) is 3.75. The maximum absolute atomic E-state index is 12.1. The third-order valence-electron chi connectivity index (χ3n) is 3.59. The number of amides is 1. The molecule has 1 saturated heterocycles. The van der Waals surface area contributed by atoms with Gasteiger partial charge >= 0.3 is 0 Å². The lowest BCUT2D eigenvalue weighted by Gasteiger charge is -2.31. The molecule has 0 aromatic carbocycles. The van der Waals surface area contributed by atoms with Gasteiger partial charge in [0.1, 0.15) is 5.69 Å². The van der Waals surface area contributed by atoms with E-state index in [-0.39, 0.29) is 11.9 Å². The van der Waals surface area contributed by atoms with Crippen LogP contribution in [0.2, 0.25) is 0 Å². The standard InChI is InChI=1S/C14H22N4O/c1-11-3-2-7-16-13(11)14(19)17-12-4-8-18(9-5-12)10-6-15/h2-3,7,12H,4-6,8-10,15H2,1H3,(H,17,19). The first-order valence-corrected chi connectivity index (χ1v) is 6.85. The minimum atomic E-state index is -0.0598. The number of aromatic nitrogens is 1. The first kappa shape index (κ1) is 14.0. The van der Waals surface area contributed by atoms with Crippen molar-refractivity contribution in [3.8, 4) is 0 Å². The van der Waals surface area contributed by atoms with Gasteiger partial charge in [0.15, 0.2) is 0 Å². The van der Waals surface area contributed by atoms with Gasteiger partial charge in [-0.2, -0.15) is 0 Å². The molecule has 0 unspecified atom stereocenters. The van der Waals surface area contributed by atoms with Gasteiger partial charge in [-0.1, -0.05) is 6.07 Å². The summed E-state index contributed by atoms with van der Waals surface area (Å²) < 4.78 is 0. The molecule has 0 saturated carbocycles. The van der Waals surface area contributed by atoms with Crippen molar-refractivity contribution in [2.75, 3.05) is 26.2 Å². The molecule has 2 heterocycles. The molecule has 1 aromatic rings. The Kier molecular flexibility index (Phi) is 4.87. The summed E-state index contributed by atoms with van der Waals surface area (Å²) in [5.41, 5.74) is 7.00. The van der Waals surface area contributed by atoms with Crippen LogP contribution in [0.4, 0.5) is 0 Å². The Hall–Kier alpha value is -1.46. The quantitative estimate of drug-likeness (QED) is 0.831. The highest BCUT2D eigenvalue weighted by Crippen LogP contribution is 2.11. The molecule has 104 valence electrons. The molecule has 0 atom stereocenters. The van der Waals surface area contributed by atoms with E-state index >= 15 is 0 Å². The number of piperidine rings is 1. The summed E-state index contributed by atoms with van der Waals surface area (Å²) in [5.74, 6) is -0.0598. The number of carbonyl (C=O) groups excluding carboxylic acids is 1. The van der Waals surface area contributed by atoms with Crippen LogP contribution >= 0.6 is 0 Å². The minimum absolute atomic E-state index is 0.0598. The van der Waals surface area contributed by atoms with Gasteiger partial charge in [0.25, 0.3) is 5.91 Å². The molecular weight excluding hydrogens is 240 g/mol. The van der Waals surface area contributed by atoms with Gasteiger partial charge in [-0.15, -0.1) is 0 Å². The van der Waals surface area contributed by atoms with Crippen molar-refractivity contribution in [3.05, 3.63) is 29.6 Å². The smallest absolute Gasteiger partial charge is 0.270 e. The monoisotopic (exact) mass is 262 g/mol. The number of nitrogens with two attached hydrogens (primary N) is 1. The lowest BCUT2D eigenvalue weighted by molar-refractivity contribution is 0.0906. The van der Waals surface area contributed by atoms with Crippen molar-refractivity contribution in [1.29, 1.82) is 0 Å². The summed E-state index contributed by atoms with van der Waals surface area (Å²) in [6.07, 6.45) is 3.63. The van der Waals surface area contributed by atoms with Gasteiger partial charge in [-0.25, -0.2) is 0 Å². The number of likely N-dealkylation sites (tertiary alicyclic amines) is 1. The van der Waals surface area contributed by atoms with E-state index in [0.29, 0.717) is 12.2 Å². The van der Waals surface area contributed by atoms with Gasteiger partial charge in [0, 0.05) is 38.4 Å². The first-order valence-electron chi connectivity index (χ1n) is 6.85. The average Bonchev–Trinajstić information content (AvgIpc) is 2.42. The molecule has 3 N–H and O–H groups in total. The fourth-order valence-electron chi connectivity index (χ4n) is 2.46. The lowest BCUT2D eigenvalue weighted by Crippen LogP contribution is -2.46. The van der Waals surface area contributed by atoms with Gasteiger partial charge in [0.2, 0.25) is 0 Å². The molecule has 5 heteroatoms. The predicted molar refractivity (Wildman–Crippen MR) is 75.0 cm³/mol. The molecule has 2 rings (SSSR count). The highest BCUT2D eigenvalue weighted by molar-refractivity contribution is 5.93. The lowest BCUT2D eigenvalue weighted by atomic mass is 10.0. The van der Waals surface area contributed by atoms with Gasteiger partial charge in [0.05, 0.1) is 0 Å². The van der Waals surface area contributed by atoms with Crippen molar-refractivity contribution in [2.24, 2.45) is 5.73 Å². The maximum Gasteiger partial charge on any atom is 0.270 e. The van der Waals surface area contributed by atoms with Crippen molar-refractivity contribution in [2.45, 2.75) is 25.8 Å². The maximum atomic E-state index is 12.1. The molecule has 0 bridgehead atoms. The normalized spacial score (nSPS) is 17.4. The van der Waals surface area contributed by atoms with E-state index in [4.69, 9.17) is 5.73 Å². The fraction of sp³-hybridized carbons (Fsp3) is 0.571. The van der Waals surface area contributed by atoms with E-state index in [1.54, 1.807) is 6.20 Å². The summed E-state index contributed by atoms with van der Waals surface area (Å²) in [7, 11) is 0. The number of nitrogens with one attached hydrogen (secondary N) is 1. The van der Waals surface area contributed by atoms with Crippen molar-refractivity contribution < 1.29 is 4.79 Å². The SMILES string of the molecule is Cc1cccnc1C(=O)NC1CCN(CCN)CC1. The largest absolute Gasteiger partial charge is 0.348 e. The van der Waals surface area contributed by atoms with Crippen LogP contribution in [0.5, 0.6) is 0 Å². The number of rotatable bonds is 4. The van der Waals surface area contributed by atoms with Gasteiger partial charge in [-0.3, -0.25) is 9.78 Å². The van der Waals surface area contributed by atoms with Crippen LogP contribution in [0, 0.1) is 6.92 Å². The van der Waals surface area contributed by atoms with Crippen LogP contribution in [0.25, 0.3) is 0 Å². The molecule has 1 aromatic heterocycles. The zero-order valence-electron chi connectivity index (χ0n) is 11.4. The Labute approximate surface area is 114 Å². The van der Waals surface area contributed by atoms with E-state index in [9.17, 15) is 4.79 Å². The third-order valence-corrected chi connectivity index (χ3v) is 3.59. The molecule has 1 fully saturated rings. The van der Waals surface area contributed by atoms with Crippen LogP contribution in [0.15, 0.2) is 18.3 Å². The number of nitrogens with zero attached hydrogens (tertiary/aromatic N) is 2. The second kappa shape index (κ2) is 6.63. The topological polar surface area (TPSA) is 71.2 Å². The van der Waals surface area contributed by atoms with Crippen LogP contribution in [0.1, 0.15) is 28.9 Å². The van der Waals surface area contributed by atoms with E-state index < -0.39 is 0 Å².